The SMILES string of the molecule is CC1CCCC(CNc2ccc([N+](=O)[O-])cc2)C1. The minimum absolute atomic E-state index is 0.145. The maximum atomic E-state index is 10.5. The summed E-state index contributed by atoms with van der Waals surface area (Å²) in [5, 5.41) is 13.9. The van der Waals surface area contributed by atoms with E-state index in [-0.39, 0.29) is 10.6 Å². The summed E-state index contributed by atoms with van der Waals surface area (Å²) in [6.07, 6.45) is 5.27. The standard InChI is InChI=1S/C14H20N2O2/c1-11-3-2-4-12(9-11)10-15-13-5-7-14(8-6-13)16(17)18/h5-8,11-12,15H,2-4,9-10H2,1H3. The molecular weight excluding hydrogens is 228 g/mol. The molecule has 18 heavy (non-hydrogen) atoms. The van der Waals surface area contributed by atoms with Crippen molar-refractivity contribution in [1.82, 2.24) is 0 Å². The largest absolute Gasteiger partial charge is 0.385 e. The highest BCUT2D eigenvalue weighted by atomic mass is 16.6. The summed E-state index contributed by atoms with van der Waals surface area (Å²) in [6.45, 7) is 3.29. The number of hydrogen-bond acceptors (Lipinski definition) is 3. The van der Waals surface area contributed by atoms with E-state index in [0.717, 1.165) is 24.1 Å². The third kappa shape index (κ3) is 3.45. The third-order valence-corrected chi connectivity index (χ3v) is 3.72. The fraction of sp³-hybridized carbons (Fsp3) is 0.571. The summed E-state index contributed by atoms with van der Waals surface area (Å²) in [7, 11) is 0. The van der Waals surface area contributed by atoms with Crippen molar-refractivity contribution in [3.05, 3.63) is 34.4 Å². The van der Waals surface area contributed by atoms with Crippen molar-refractivity contribution in [1.29, 1.82) is 0 Å². The van der Waals surface area contributed by atoms with Crippen LogP contribution < -0.4 is 5.32 Å². The van der Waals surface area contributed by atoms with Crippen LogP contribution in [0.5, 0.6) is 0 Å². The first-order valence-electron chi connectivity index (χ1n) is 6.63. The van der Waals surface area contributed by atoms with Crippen molar-refractivity contribution in [3.63, 3.8) is 0 Å². The number of nitro benzene ring substituents is 1. The maximum absolute atomic E-state index is 10.5. The minimum Gasteiger partial charge on any atom is -0.385 e. The molecule has 0 heterocycles. The van der Waals surface area contributed by atoms with E-state index < -0.39 is 0 Å². The molecule has 1 aromatic carbocycles. The highest BCUT2D eigenvalue weighted by molar-refractivity contribution is 5.48. The second kappa shape index (κ2) is 5.85. The molecule has 1 fully saturated rings. The van der Waals surface area contributed by atoms with Crippen LogP contribution in [0, 0.1) is 22.0 Å². The fourth-order valence-electron chi connectivity index (χ4n) is 2.71. The second-order valence-electron chi connectivity index (χ2n) is 5.32. The molecule has 4 heteroatoms. The first-order valence-corrected chi connectivity index (χ1v) is 6.63. The minimum atomic E-state index is -0.368. The summed E-state index contributed by atoms with van der Waals surface area (Å²) in [6, 6.07) is 6.66. The zero-order chi connectivity index (χ0) is 13.0. The number of rotatable bonds is 4. The Kier molecular flexibility index (Phi) is 4.18. The molecule has 1 N–H and O–H groups in total. The predicted molar refractivity (Wildman–Crippen MR) is 72.7 cm³/mol. The molecule has 1 aliphatic carbocycles. The van der Waals surface area contributed by atoms with E-state index in [1.165, 1.54) is 25.7 Å². The Labute approximate surface area is 108 Å². The number of anilines is 1. The van der Waals surface area contributed by atoms with Gasteiger partial charge in [-0.2, -0.15) is 0 Å². The molecule has 98 valence electrons. The van der Waals surface area contributed by atoms with Gasteiger partial charge in [-0.05, 0) is 36.8 Å². The number of non-ortho nitro benzene ring substituents is 1. The molecule has 0 aromatic heterocycles. The molecule has 1 saturated carbocycles. The van der Waals surface area contributed by atoms with Crippen LogP contribution in [0.4, 0.5) is 11.4 Å². The Morgan fingerprint density at radius 1 is 1.33 bits per heavy atom. The Balaban J connectivity index is 1.84. The zero-order valence-corrected chi connectivity index (χ0v) is 10.8. The van der Waals surface area contributed by atoms with E-state index >= 15 is 0 Å². The fourth-order valence-corrected chi connectivity index (χ4v) is 2.71. The van der Waals surface area contributed by atoms with Gasteiger partial charge >= 0.3 is 0 Å². The molecule has 0 amide bonds. The van der Waals surface area contributed by atoms with Crippen LogP contribution in [-0.4, -0.2) is 11.5 Å². The van der Waals surface area contributed by atoms with E-state index in [9.17, 15) is 10.1 Å². The monoisotopic (exact) mass is 248 g/mol. The summed E-state index contributed by atoms with van der Waals surface area (Å²) < 4.78 is 0. The van der Waals surface area contributed by atoms with Crippen LogP contribution in [-0.2, 0) is 0 Å². The van der Waals surface area contributed by atoms with Gasteiger partial charge in [0.1, 0.15) is 0 Å². The van der Waals surface area contributed by atoms with Crippen LogP contribution >= 0.6 is 0 Å². The number of nitrogens with zero attached hydrogens (tertiary/aromatic N) is 1. The van der Waals surface area contributed by atoms with Gasteiger partial charge in [-0.15, -0.1) is 0 Å². The van der Waals surface area contributed by atoms with E-state index in [1.807, 2.05) is 0 Å². The average Bonchev–Trinajstić information content (AvgIpc) is 2.37. The van der Waals surface area contributed by atoms with Crippen LogP contribution in [0.25, 0.3) is 0 Å². The van der Waals surface area contributed by atoms with Crippen LogP contribution in [0.2, 0.25) is 0 Å². The molecule has 2 rings (SSSR count). The first kappa shape index (κ1) is 12.9. The molecule has 0 aliphatic heterocycles. The van der Waals surface area contributed by atoms with Crippen molar-refractivity contribution in [2.45, 2.75) is 32.6 Å². The molecule has 0 radical (unpaired) electrons. The van der Waals surface area contributed by atoms with Crippen molar-refractivity contribution in [2.24, 2.45) is 11.8 Å². The van der Waals surface area contributed by atoms with E-state index in [4.69, 9.17) is 0 Å². The second-order valence-corrected chi connectivity index (χ2v) is 5.32. The molecular formula is C14H20N2O2. The number of benzene rings is 1. The van der Waals surface area contributed by atoms with Crippen LogP contribution in [0.3, 0.4) is 0 Å². The van der Waals surface area contributed by atoms with Gasteiger partial charge in [-0.1, -0.05) is 19.8 Å². The smallest absolute Gasteiger partial charge is 0.269 e. The number of nitrogens with one attached hydrogen (secondary N) is 1. The molecule has 4 nitrogen and oxygen atoms in total. The lowest BCUT2D eigenvalue weighted by atomic mass is 9.82. The highest BCUT2D eigenvalue weighted by Crippen LogP contribution is 2.28. The number of hydrogen-bond donors (Lipinski definition) is 1. The normalized spacial score (nSPS) is 23.6. The van der Waals surface area contributed by atoms with Gasteiger partial charge in [-0.25, -0.2) is 0 Å². The Hall–Kier alpha value is -1.58. The van der Waals surface area contributed by atoms with Gasteiger partial charge in [0.2, 0.25) is 0 Å². The molecule has 1 aliphatic rings. The van der Waals surface area contributed by atoms with Gasteiger partial charge in [0, 0.05) is 24.4 Å². The third-order valence-electron chi connectivity index (χ3n) is 3.72. The van der Waals surface area contributed by atoms with Crippen molar-refractivity contribution in [2.75, 3.05) is 11.9 Å². The van der Waals surface area contributed by atoms with Gasteiger partial charge in [0.15, 0.2) is 0 Å². The summed E-state index contributed by atoms with van der Waals surface area (Å²) in [4.78, 5) is 10.2. The van der Waals surface area contributed by atoms with Crippen molar-refractivity contribution < 1.29 is 4.92 Å². The van der Waals surface area contributed by atoms with Gasteiger partial charge in [0.25, 0.3) is 5.69 Å². The van der Waals surface area contributed by atoms with Crippen molar-refractivity contribution in [3.8, 4) is 0 Å². The zero-order valence-electron chi connectivity index (χ0n) is 10.8. The molecule has 0 saturated heterocycles. The summed E-state index contributed by atoms with van der Waals surface area (Å²) in [5.74, 6) is 1.58. The quantitative estimate of drug-likeness (QED) is 0.650. The lowest BCUT2D eigenvalue weighted by molar-refractivity contribution is -0.384. The van der Waals surface area contributed by atoms with Gasteiger partial charge < -0.3 is 5.32 Å². The molecule has 2 atom stereocenters. The molecule has 1 aromatic rings. The van der Waals surface area contributed by atoms with Crippen LogP contribution in [0.15, 0.2) is 24.3 Å². The average molecular weight is 248 g/mol. The Morgan fingerprint density at radius 3 is 2.67 bits per heavy atom. The van der Waals surface area contributed by atoms with Crippen LogP contribution in [0.1, 0.15) is 32.6 Å². The maximum Gasteiger partial charge on any atom is 0.269 e. The topological polar surface area (TPSA) is 55.2 Å². The Bertz CT molecular complexity index is 403. The Morgan fingerprint density at radius 2 is 2.06 bits per heavy atom. The lowest BCUT2D eigenvalue weighted by Crippen LogP contribution is -2.20. The van der Waals surface area contributed by atoms with Gasteiger partial charge in [-0.3, -0.25) is 10.1 Å². The predicted octanol–water partition coefficient (Wildman–Crippen LogP) is 3.83. The molecule has 2 unspecified atom stereocenters. The highest BCUT2D eigenvalue weighted by Gasteiger charge is 2.18. The van der Waals surface area contributed by atoms with E-state index in [0.29, 0.717) is 0 Å². The number of nitro groups is 1. The lowest BCUT2D eigenvalue weighted by Gasteiger charge is -2.27. The van der Waals surface area contributed by atoms with E-state index in [2.05, 4.69) is 12.2 Å². The van der Waals surface area contributed by atoms with Crippen molar-refractivity contribution >= 4 is 11.4 Å². The summed E-state index contributed by atoms with van der Waals surface area (Å²) in [5.41, 5.74) is 1.12. The molecule has 0 spiro atoms. The molecule has 0 bridgehead atoms. The first-order chi connectivity index (χ1) is 8.65. The van der Waals surface area contributed by atoms with E-state index in [1.54, 1.807) is 24.3 Å². The summed E-state index contributed by atoms with van der Waals surface area (Å²) >= 11 is 0. The van der Waals surface area contributed by atoms with Gasteiger partial charge in [0.05, 0.1) is 4.92 Å².